The second kappa shape index (κ2) is 2.76. The van der Waals surface area contributed by atoms with Crippen molar-refractivity contribution in [2.24, 2.45) is 5.92 Å². The van der Waals surface area contributed by atoms with E-state index >= 15 is 0 Å². The fourth-order valence-corrected chi connectivity index (χ4v) is 1.54. The lowest BCUT2D eigenvalue weighted by molar-refractivity contribution is -0.144. The maximum Gasteiger partial charge on any atom is 0.331 e. The van der Waals surface area contributed by atoms with Crippen LogP contribution in [0.4, 0.5) is 9.18 Å². The molecule has 4 amide bonds. The van der Waals surface area contributed by atoms with Gasteiger partial charge in [0.1, 0.15) is 0 Å². The standard InChI is InChI=1S/C8H9FN2O3/c1-3-2-4(3)11-7(13)5(9)6(12)10-8(11)14/h3-5H,2H2,1H3,(H,10,12,14). The number of nitrogens with zero attached hydrogens (tertiary/aromatic N) is 1. The predicted molar refractivity (Wildman–Crippen MR) is 42.8 cm³/mol. The van der Waals surface area contributed by atoms with Gasteiger partial charge in [-0.1, -0.05) is 6.92 Å². The number of rotatable bonds is 1. The summed E-state index contributed by atoms with van der Waals surface area (Å²) in [5.41, 5.74) is 0. The highest BCUT2D eigenvalue weighted by atomic mass is 19.1. The zero-order chi connectivity index (χ0) is 10.5. The second-order valence-electron chi connectivity index (χ2n) is 3.65. The lowest BCUT2D eigenvalue weighted by Crippen LogP contribution is -2.60. The Labute approximate surface area is 79.2 Å². The first-order valence-corrected chi connectivity index (χ1v) is 4.34. The minimum atomic E-state index is -2.24. The molecule has 2 rings (SSSR count). The molecule has 0 aromatic rings. The number of barbiturate groups is 1. The van der Waals surface area contributed by atoms with Crippen molar-refractivity contribution in [3.8, 4) is 0 Å². The van der Waals surface area contributed by atoms with Crippen molar-refractivity contribution >= 4 is 17.8 Å². The summed E-state index contributed by atoms with van der Waals surface area (Å²) in [7, 11) is 0. The molecule has 5 nitrogen and oxygen atoms in total. The van der Waals surface area contributed by atoms with E-state index in [-0.39, 0.29) is 12.0 Å². The molecule has 1 saturated carbocycles. The van der Waals surface area contributed by atoms with Gasteiger partial charge in [-0.3, -0.25) is 19.8 Å². The number of halogens is 1. The van der Waals surface area contributed by atoms with Crippen LogP contribution in [0.2, 0.25) is 0 Å². The van der Waals surface area contributed by atoms with Crippen LogP contribution in [-0.2, 0) is 9.59 Å². The van der Waals surface area contributed by atoms with Crippen LogP contribution >= 0.6 is 0 Å². The van der Waals surface area contributed by atoms with Crippen LogP contribution in [-0.4, -0.2) is 35.0 Å². The molecule has 1 aliphatic carbocycles. The SMILES string of the molecule is CC1CC1N1C(=O)NC(=O)C(F)C1=O. The number of hydrogen-bond acceptors (Lipinski definition) is 3. The van der Waals surface area contributed by atoms with Gasteiger partial charge in [0.25, 0.3) is 18.0 Å². The number of amides is 4. The van der Waals surface area contributed by atoms with Gasteiger partial charge in [-0.15, -0.1) is 0 Å². The lowest BCUT2D eigenvalue weighted by Gasteiger charge is -2.26. The quantitative estimate of drug-likeness (QED) is 0.596. The molecule has 0 spiro atoms. The molecule has 2 fully saturated rings. The molecule has 3 unspecified atom stereocenters. The highest BCUT2D eigenvalue weighted by Gasteiger charge is 2.50. The zero-order valence-corrected chi connectivity index (χ0v) is 7.49. The third kappa shape index (κ3) is 1.18. The molecule has 2 aliphatic rings. The number of alkyl halides is 1. The van der Waals surface area contributed by atoms with Gasteiger partial charge in [0, 0.05) is 6.04 Å². The Balaban J connectivity index is 2.20. The van der Waals surface area contributed by atoms with Gasteiger partial charge < -0.3 is 0 Å². The zero-order valence-electron chi connectivity index (χ0n) is 7.49. The monoisotopic (exact) mass is 200 g/mol. The van der Waals surface area contributed by atoms with Gasteiger partial charge in [0.2, 0.25) is 0 Å². The van der Waals surface area contributed by atoms with E-state index in [4.69, 9.17) is 0 Å². The van der Waals surface area contributed by atoms with E-state index in [9.17, 15) is 18.8 Å². The molecular formula is C8H9FN2O3. The van der Waals surface area contributed by atoms with Crippen molar-refractivity contribution in [3.05, 3.63) is 0 Å². The maximum absolute atomic E-state index is 13.0. The summed E-state index contributed by atoms with van der Waals surface area (Å²) in [6.45, 7) is 1.86. The molecule has 76 valence electrons. The van der Waals surface area contributed by atoms with Crippen LogP contribution in [0, 0.1) is 5.92 Å². The molecule has 1 aliphatic heterocycles. The summed E-state index contributed by atoms with van der Waals surface area (Å²) in [4.78, 5) is 34.0. The number of hydrogen-bond donors (Lipinski definition) is 1. The van der Waals surface area contributed by atoms with E-state index in [0.29, 0.717) is 6.42 Å². The van der Waals surface area contributed by atoms with Gasteiger partial charge in [-0.05, 0) is 12.3 Å². The van der Waals surface area contributed by atoms with Crippen molar-refractivity contribution in [2.45, 2.75) is 25.6 Å². The first-order chi connectivity index (χ1) is 6.52. The largest absolute Gasteiger partial charge is 0.331 e. The Hall–Kier alpha value is -1.46. The number of nitrogens with one attached hydrogen (secondary N) is 1. The number of carbonyl (C=O) groups excluding carboxylic acids is 3. The molecular weight excluding hydrogens is 191 g/mol. The topological polar surface area (TPSA) is 66.5 Å². The summed E-state index contributed by atoms with van der Waals surface area (Å²) >= 11 is 0. The Morgan fingerprint density at radius 2 is 2.00 bits per heavy atom. The molecule has 6 heteroatoms. The highest BCUT2D eigenvalue weighted by molar-refractivity contribution is 6.18. The van der Waals surface area contributed by atoms with Crippen LogP contribution in [0.25, 0.3) is 0 Å². The van der Waals surface area contributed by atoms with E-state index in [1.54, 1.807) is 5.32 Å². The average Bonchev–Trinajstić information content (AvgIpc) is 2.79. The minimum absolute atomic E-state index is 0.199. The van der Waals surface area contributed by atoms with Crippen molar-refractivity contribution in [1.82, 2.24) is 10.2 Å². The van der Waals surface area contributed by atoms with E-state index in [0.717, 1.165) is 4.90 Å². The summed E-state index contributed by atoms with van der Waals surface area (Å²) in [5.74, 6) is -2.00. The van der Waals surface area contributed by atoms with Crippen LogP contribution in [0.5, 0.6) is 0 Å². The third-order valence-corrected chi connectivity index (χ3v) is 2.53. The number of carbonyl (C=O) groups is 3. The second-order valence-corrected chi connectivity index (χ2v) is 3.65. The first kappa shape index (κ1) is 9.11. The maximum atomic E-state index is 13.0. The van der Waals surface area contributed by atoms with Crippen LogP contribution < -0.4 is 5.32 Å². The highest BCUT2D eigenvalue weighted by Crippen LogP contribution is 2.36. The molecule has 14 heavy (non-hydrogen) atoms. The molecule has 3 atom stereocenters. The molecule has 0 bridgehead atoms. The van der Waals surface area contributed by atoms with Crippen molar-refractivity contribution < 1.29 is 18.8 Å². The third-order valence-electron chi connectivity index (χ3n) is 2.53. The molecule has 0 aromatic heterocycles. The van der Waals surface area contributed by atoms with Crippen molar-refractivity contribution in [2.75, 3.05) is 0 Å². The summed E-state index contributed by atoms with van der Waals surface area (Å²) in [6.07, 6.45) is -1.56. The molecule has 0 aromatic carbocycles. The Morgan fingerprint density at radius 3 is 2.50 bits per heavy atom. The smallest absolute Gasteiger partial charge is 0.275 e. The van der Waals surface area contributed by atoms with Crippen molar-refractivity contribution in [3.63, 3.8) is 0 Å². The summed E-state index contributed by atoms with van der Waals surface area (Å²) in [5, 5.41) is 1.80. The van der Waals surface area contributed by atoms with Crippen LogP contribution in [0.15, 0.2) is 0 Å². The normalized spacial score (nSPS) is 37.1. The van der Waals surface area contributed by atoms with Gasteiger partial charge >= 0.3 is 6.03 Å². The summed E-state index contributed by atoms with van der Waals surface area (Å²) < 4.78 is 13.0. The average molecular weight is 200 g/mol. The predicted octanol–water partition coefficient (Wildman–Crippen LogP) is -0.189. The molecule has 1 saturated heterocycles. The fraction of sp³-hybridized carbons (Fsp3) is 0.625. The summed E-state index contributed by atoms with van der Waals surface area (Å²) in [6, 6.07) is -1.04. The molecule has 0 radical (unpaired) electrons. The van der Waals surface area contributed by atoms with Gasteiger partial charge in [-0.2, -0.15) is 0 Å². The first-order valence-electron chi connectivity index (χ1n) is 4.34. The van der Waals surface area contributed by atoms with Gasteiger partial charge in [0.05, 0.1) is 0 Å². The van der Waals surface area contributed by atoms with E-state index in [1.807, 2.05) is 6.92 Å². The minimum Gasteiger partial charge on any atom is -0.275 e. The van der Waals surface area contributed by atoms with Crippen LogP contribution in [0.3, 0.4) is 0 Å². The van der Waals surface area contributed by atoms with Gasteiger partial charge in [0.15, 0.2) is 0 Å². The van der Waals surface area contributed by atoms with E-state index in [1.165, 1.54) is 0 Å². The lowest BCUT2D eigenvalue weighted by atomic mass is 10.2. The fourth-order valence-electron chi connectivity index (χ4n) is 1.54. The molecule has 1 N–H and O–H groups in total. The van der Waals surface area contributed by atoms with Crippen LogP contribution in [0.1, 0.15) is 13.3 Å². The van der Waals surface area contributed by atoms with Crippen molar-refractivity contribution in [1.29, 1.82) is 0 Å². The van der Waals surface area contributed by atoms with Gasteiger partial charge in [-0.25, -0.2) is 9.18 Å². The number of imide groups is 2. The number of urea groups is 1. The van der Waals surface area contributed by atoms with E-state index < -0.39 is 24.0 Å². The Kier molecular flexibility index (Phi) is 1.80. The molecule has 1 heterocycles. The van der Waals surface area contributed by atoms with E-state index in [2.05, 4.69) is 0 Å². The Morgan fingerprint density at radius 1 is 1.43 bits per heavy atom. The Bertz CT molecular complexity index is 331.